The van der Waals surface area contributed by atoms with Crippen molar-refractivity contribution in [3.05, 3.63) is 59.9 Å². The molecular formula is C16H19N3O. The summed E-state index contributed by atoms with van der Waals surface area (Å²) in [6, 6.07) is 13.2. The fourth-order valence-electron chi connectivity index (χ4n) is 2.07. The van der Waals surface area contributed by atoms with Crippen LogP contribution in [-0.4, -0.2) is 24.0 Å². The van der Waals surface area contributed by atoms with Gasteiger partial charge in [-0.15, -0.1) is 0 Å². The third-order valence-electron chi connectivity index (χ3n) is 3.12. The van der Waals surface area contributed by atoms with Crippen LogP contribution in [0.2, 0.25) is 0 Å². The molecule has 0 aliphatic carbocycles. The molecule has 0 aliphatic rings. The summed E-state index contributed by atoms with van der Waals surface area (Å²) in [7, 11) is 0. The van der Waals surface area contributed by atoms with E-state index in [4.69, 9.17) is 5.73 Å². The molecule has 104 valence electrons. The van der Waals surface area contributed by atoms with Crippen molar-refractivity contribution in [3.8, 4) is 0 Å². The maximum Gasteiger partial charge on any atom is 0.276 e. The van der Waals surface area contributed by atoms with Crippen molar-refractivity contribution in [2.75, 3.05) is 18.0 Å². The van der Waals surface area contributed by atoms with Crippen LogP contribution in [0.15, 0.2) is 48.7 Å². The lowest BCUT2D eigenvalue weighted by Crippen LogP contribution is -2.34. The fraction of sp³-hybridized carbons (Fsp3) is 0.250. The zero-order valence-corrected chi connectivity index (χ0v) is 11.6. The highest BCUT2D eigenvalue weighted by molar-refractivity contribution is 6.05. The molecule has 1 aromatic carbocycles. The smallest absolute Gasteiger partial charge is 0.276 e. The first-order chi connectivity index (χ1) is 9.74. The molecule has 0 aliphatic heterocycles. The van der Waals surface area contributed by atoms with E-state index in [1.165, 1.54) is 0 Å². The van der Waals surface area contributed by atoms with Gasteiger partial charge in [0.2, 0.25) is 0 Å². The van der Waals surface area contributed by atoms with Gasteiger partial charge in [-0.25, -0.2) is 0 Å². The van der Waals surface area contributed by atoms with E-state index in [9.17, 15) is 4.79 Å². The third kappa shape index (κ3) is 3.22. The van der Waals surface area contributed by atoms with Crippen molar-refractivity contribution in [2.24, 2.45) is 5.73 Å². The van der Waals surface area contributed by atoms with Crippen LogP contribution in [0.1, 0.15) is 22.5 Å². The van der Waals surface area contributed by atoms with E-state index in [2.05, 4.69) is 4.98 Å². The molecule has 2 aromatic rings. The number of aryl methyl sites for hydroxylation is 1. The van der Waals surface area contributed by atoms with E-state index in [1.807, 2.05) is 37.3 Å². The van der Waals surface area contributed by atoms with E-state index in [0.717, 1.165) is 17.7 Å². The third-order valence-corrected chi connectivity index (χ3v) is 3.12. The van der Waals surface area contributed by atoms with Crippen LogP contribution >= 0.6 is 0 Å². The molecule has 20 heavy (non-hydrogen) atoms. The normalized spacial score (nSPS) is 10.3. The molecule has 0 unspecified atom stereocenters. The number of nitrogens with two attached hydrogens (primary N) is 1. The Morgan fingerprint density at radius 2 is 1.95 bits per heavy atom. The van der Waals surface area contributed by atoms with Crippen molar-refractivity contribution < 1.29 is 4.79 Å². The van der Waals surface area contributed by atoms with Crippen molar-refractivity contribution in [2.45, 2.75) is 13.3 Å². The van der Waals surface area contributed by atoms with E-state index in [-0.39, 0.29) is 5.91 Å². The predicted octanol–water partition coefficient (Wildman–Crippen LogP) is 2.39. The quantitative estimate of drug-likeness (QED) is 0.906. The lowest BCUT2D eigenvalue weighted by molar-refractivity contribution is 0.0982. The first kappa shape index (κ1) is 14.2. The molecule has 1 aromatic heterocycles. The highest BCUT2D eigenvalue weighted by Crippen LogP contribution is 2.21. The molecule has 0 bridgehead atoms. The SMILES string of the molecule is Cc1ccccc1N(CCCN)C(=O)c1ccccn1. The largest absolute Gasteiger partial charge is 0.330 e. The lowest BCUT2D eigenvalue weighted by atomic mass is 10.1. The average molecular weight is 269 g/mol. The summed E-state index contributed by atoms with van der Waals surface area (Å²) in [4.78, 5) is 18.5. The standard InChI is InChI=1S/C16H19N3O/c1-13-7-2-3-9-15(13)19(12-6-10-17)16(20)14-8-4-5-11-18-14/h2-5,7-9,11H,6,10,12,17H2,1H3. The summed E-state index contributed by atoms with van der Waals surface area (Å²) < 4.78 is 0. The highest BCUT2D eigenvalue weighted by atomic mass is 16.2. The number of carbonyl (C=O) groups excluding carboxylic acids is 1. The first-order valence-corrected chi connectivity index (χ1v) is 6.72. The van der Waals surface area contributed by atoms with Crippen LogP contribution in [0.3, 0.4) is 0 Å². The molecule has 0 atom stereocenters. The van der Waals surface area contributed by atoms with Gasteiger partial charge in [0, 0.05) is 18.4 Å². The van der Waals surface area contributed by atoms with Crippen LogP contribution in [0, 0.1) is 6.92 Å². The van der Waals surface area contributed by atoms with E-state index in [1.54, 1.807) is 23.2 Å². The molecule has 4 nitrogen and oxygen atoms in total. The first-order valence-electron chi connectivity index (χ1n) is 6.72. The number of rotatable bonds is 5. The summed E-state index contributed by atoms with van der Waals surface area (Å²) in [5.41, 5.74) is 8.01. The summed E-state index contributed by atoms with van der Waals surface area (Å²) >= 11 is 0. The van der Waals surface area contributed by atoms with Crippen molar-refractivity contribution in [3.63, 3.8) is 0 Å². The Balaban J connectivity index is 2.33. The molecular weight excluding hydrogens is 250 g/mol. The molecule has 0 saturated heterocycles. The Bertz CT molecular complexity index is 569. The van der Waals surface area contributed by atoms with E-state index < -0.39 is 0 Å². The van der Waals surface area contributed by atoms with Gasteiger partial charge in [0.05, 0.1) is 0 Å². The van der Waals surface area contributed by atoms with Gasteiger partial charge in [-0.2, -0.15) is 0 Å². The van der Waals surface area contributed by atoms with Gasteiger partial charge in [0.15, 0.2) is 0 Å². The molecule has 2 rings (SSSR count). The van der Waals surface area contributed by atoms with Crippen LogP contribution < -0.4 is 10.6 Å². The number of benzene rings is 1. The Labute approximate surface area is 119 Å². The number of hydrogen-bond acceptors (Lipinski definition) is 3. The summed E-state index contributed by atoms with van der Waals surface area (Å²) in [5.74, 6) is -0.0895. The predicted molar refractivity (Wildman–Crippen MR) is 80.8 cm³/mol. The van der Waals surface area contributed by atoms with Gasteiger partial charge in [0.25, 0.3) is 5.91 Å². The minimum absolute atomic E-state index is 0.0895. The number of pyridine rings is 1. The van der Waals surface area contributed by atoms with Crippen LogP contribution in [-0.2, 0) is 0 Å². The summed E-state index contributed by atoms with van der Waals surface area (Å²) in [6.07, 6.45) is 2.39. The molecule has 0 saturated carbocycles. The van der Waals surface area contributed by atoms with Gasteiger partial charge >= 0.3 is 0 Å². The number of nitrogens with zero attached hydrogens (tertiary/aromatic N) is 2. The molecule has 0 fully saturated rings. The highest BCUT2D eigenvalue weighted by Gasteiger charge is 2.19. The molecule has 4 heteroatoms. The molecule has 2 N–H and O–H groups in total. The zero-order valence-electron chi connectivity index (χ0n) is 11.6. The molecule has 1 heterocycles. The maximum absolute atomic E-state index is 12.6. The number of anilines is 1. The Morgan fingerprint density at radius 3 is 2.60 bits per heavy atom. The Hall–Kier alpha value is -2.20. The second-order valence-electron chi connectivity index (χ2n) is 4.60. The van der Waals surface area contributed by atoms with E-state index in [0.29, 0.717) is 18.8 Å². The van der Waals surface area contributed by atoms with Gasteiger partial charge in [-0.3, -0.25) is 9.78 Å². The number of para-hydroxylation sites is 1. The maximum atomic E-state index is 12.6. The molecule has 1 amide bonds. The minimum Gasteiger partial charge on any atom is -0.330 e. The van der Waals surface area contributed by atoms with Gasteiger partial charge in [-0.1, -0.05) is 24.3 Å². The van der Waals surface area contributed by atoms with Crippen LogP contribution in [0.4, 0.5) is 5.69 Å². The lowest BCUT2D eigenvalue weighted by Gasteiger charge is -2.24. The van der Waals surface area contributed by atoms with Crippen molar-refractivity contribution >= 4 is 11.6 Å². The monoisotopic (exact) mass is 269 g/mol. The number of hydrogen-bond donors (Lipinski definition) is 1. The second-order valence-corrected chi connectivity index (χ2v) is 4.60. The summed E-state index contributed by atoms with van der Waals surface area (Å²) in [5, 5.41) is 0. The number of carbonyl (C=O) groups is 1. The average Bonchev–Trinajstić information content (AvgIpc) is 2.50. The van der Waals surface area contributed by atoms with Crippen molar-refractivity contribution in [1.29, 1.82) is 0 Å². The Morgan fingerprint density at radius 1 is 1.20 bits per heavy atom. The summed E-state index contributed by atoms with van der Waals surface area (Å²) in [6.45, 7) is 3.14. The van der Waals surface area contributed by atoms with Crippen LogP contribution in [0.25, 0.3) is 0 Å². The minimum atomic E-state index is -0.0895. The topological polar surface area (TPSA) is 59.2 Å². The van der Waals surface area contributed by atoms with Crippen molar-refractivity contribution in [1.82, 2.24) is 4.98 Å². The van der Waals surface area contributed by atoms with Gasteiger partial charge in [0.1, 0.15) is 5.69 Å². The van der Waals surface area contributed by atoms with Crippen LogP contribution in [0.5, 0.6) is 0 Å². The number of aromatic nitrogens is 1. The van der Waals surface area contributed by atoms with Gasteiger partial charge in [-0.05, 0) is 43.7 Å². The van der Waals surface area contributed by atoms with Gasteiger partial charge < -0.3 is 10.6 Å². The number of amides is 1. The molecule has 0 spiro atoms. The molecule has 0 radical (unpaired) electrons. The second kappa shape index (κ2) is 6.82. The van der Waals surface area contributed by atoms with E-state index >= 15 is 0 Å². The Kier molecular flexibility index (Phi) is 4.85. The fourth-order valence-corrected chi connectivity index (χ4v) is 2.07. The zero-order chi connectivity index (χ0) is 14.4.